The minimum Gasteiger partial charge on any atom is -0.327 e. The van der Waals surface area contributed by atoms with Crippen LogP contribution in [0, 0.1) is 0 Å². The molecule has 0 amide bonds. The summed E-state index contributed by atoms with van der Waals surface area (Å²) in [5, 5.41) is 2.38. The Labute approximate surface area is 94.4 Å². The van der Waals surface area contributed by atoms with Crippen molar-refractivity contribution < 1.29 is 4.39 Å². The lowest BCUT2D eigenvalue weighted by Crippen LogP contribution is -2.05. The summed E-state index contributed by atoms with van der Waals surface area (Å²) in [6, 6.07) is 14.3. The van der Waals surface area contributed by atoms with Crippen LogP contribution in [-0.2, 0) is 6.42 Å². The molecule has 2 N–H and O–H groups in total. The Hall–Kier alpha value is -1.67. The quantitative estimate of drug-likeness (QED) is 0.836. The van der Waals surface area contributed by atoms with E-state index in [0.717, 1.165) is 5.56 Å². The summed E-state index contributed by atoms with van der Waals surface area (Å²) in [5.74, 6) is 0. The van der Waals surface area contributed by atoms with Crippen molar-refractivity contribution in [1.82, 2.24) is 0 Å². The van der Waals surface area contributed by atoms with Crippen LogP contribution >= 0.6 is 0 Å². The highest BCUT2D eigenvalue weighted by atomic mass is 19.1. The lowest BCUT2D eigenvalue weighted by atomic mass is 10.0. The average Bonchev–Trinajstić information content (AvgIpc) is 2.35. The first-order chi connectivity index (χ1) is 7.83. The van der Waals surface area contributed by atoms with Crippen molar-refractivity contribution in [3.8, 4) is 0 Å². The minimum atomic E-state index is 0.267. The van der Waals surface area contributed by atoms with Gasteiger partial charge in [-0.3, -0.25) is 0 Å². The third-order valence-electron chi connectivity index (χ3n) is 2.66. The Bertz CT molecular complexity index is 517. The molecule has 0 fully saturated rings. The molecule has 82 valence electrons. The highest BCUT2D eigenvalue weighted by Gasteiger charge is 1.99. The van der Waals surface area contributed by atoms with Crippen LogP contribution < -0.4 is 5.73 Å². The molecular formula is C14H14FN. The van der Waals surface area contributed by atoms with Gasteiger partial charge in [-0.25, -0.2) is 4.39 Å². The number of hydrogen-bond donors (Lipinski definition) is 1. The second-order valence-electron chi connectivity index (χ2n) is 3.83. The van der Waals surface area contributed by atoms with E-state index in [2.05, 4.69) is 24.3 Å². The molecule has 0 unspecified atom stereocenters. The smallest absolute Gasteiger partial charge is 0.0875 e. The van der Waals surface area contributed by atoms with Crippen LogP contribution in [-0.4, -0.2) is 6.54 Å². The van der Waals surface area contributed by atoms with E-state index in [1.165, 1.54) is 10.8 Å². The molecule has 0 saturated heterocycles. The molecule has 16 heavy (non-hydrogen) atoms. The van der Waals surface area contributed by atoms with Gasteiger partial charge in [0.1, 0.15) is 0 Å². The molecule has 0 aliphatic heterocycles. The summed E-state index contributed by atoms with van der Waals surface area (Å²) < 4.78 is 12.4. The third-order valence-corrected chi connectivity index (χ3v) is 2.66. The van der Waals surface area contributed by atoms with Gasteiger partial charge < -0.3 is 5.73 Å². The van der Waals surface area contributed by atoms with Crippen LogP contribution in [0.5, 0.6) is 0 Å². The van der Waals surface area contributed by atoms with Crippen molar-refractivity contribution in [2.24, 2.45) is 5.73 Å². The van der Waals surface area contributed by atoms with Gasteiger partial charge in [-0.2, -0.15) is 0 Å². The fourth-order valence-corrected chi connectivity index (χ4v) is 1.77. The fraction of sp³-hybridized carbons (Fsp3) is 0.143. The van der Waals surface area contributed by atoms with Crippen LogP contribution in [0.15, 0.2) is 54.4 Å². The molecule has 0 aliphatic carbocycles. The second kappa shape index (κ2) is 4.90. The minimum absolute atomic E-state index is 0.267. The Balaban J connectivity index is 2.32. The normalized spacial score (nSPS) is 12.0. The molecule has 1 nitrogen and oxygen atoms in total. The van der Waals surface area contributed by atoms with Gasteiger partial charge in [0.2, 0.25) is 0 Å². The lowest BCUT2D eigenvalue weighted by Gasteiger charge is -2.05. The molecule has 2 aromatic carbocycles. The zero-order chi connectivity index (χ0) is 11.4. The predicted molar refractivity (Wildman–Crippen MR) is 65.9 cm³/mol. The summed E-state index contributed by atoms with van der Waals surface area (Å²) in [5.41, 5.74) is 7.15. The van der Waals surface area contributed by atoms with Crippen LogP contribution in [0.4, 0.5) is 4.39 Å². The molecule has 0 bridgehead atoms. The number of hydrogen-bond acceptors (Lipinski definition) is 1. The zero-order valence-corrected chi connectivity index (χ0v) is 8.99. The van der Waals surface area contributed by atoms with Crippen molar-refractivity contribution in [2.45, 2.75) is 6.42 Å². The number of benzene rings is 2. The maximum atomic E-state index is 12.4. The van der Waals surface area contributed by atoms with E-state index < -0.39 is 0 Å². The molecule has 2 rings (SSSR count). The zero-order valence-electron chi connectivity index (χ0n) is 8.99. The molecule has 0 atom stereocenters. The number of halogens is 1. The summed E-state index contributed by atoms with van der Waals surface area (Å²) in [6.45, 7) is 0.267. The first-order valence-electron chi connectivity index (χ1n) is 5.29. The number of fused-ring (bicyclic) bond motifs is 1. The van der Waals surface area contributed by atoms with E-state index in [-0.39, 0.29) is 6.54 Å². The third kappa shape index (κ3) is 2.28. The predicted octanol–water partition coefficient (Wildman–Crippen LogP) is 3.19. The van der Waals surface area contributed by atoms with Gasteiger partial charge in [-0.1, -0.05) is 42.5 Å². The SMILES string of the molecule is NC/C(=C\F)Cc1ccc2ccccc2c1. The van der Waals surface area contributed by atoms with Crippen molar-refractivity contribution in [3.05, 3.63) is 59.9 Å². The molecule has 0 aromatic heterocycles. The highest BCUT2D eigenvalue weighted by Crippen LogP contribution is 2.17. The van der Waals surface area contributed by atoms with Crippen molar-refractivity contribution in [1.29, 1.82) is 0 Å². The average molecular weight is 215 g/mol. The number of rotatable bonds is 3. The van der Waals surface area contributed by atoms with Crippen LogP contribution in [0.3, 0.4) is 0 Å². The van der Waals surface area contributed by atoms with Crippen molar-refractivity contribution in [2.75, 3.05) is 6.54 Å². The van der Waals surface area contributed by atoms with Gasteiger partial charge in [0.15, 0.2) is 0 Å². The Morgan fingerprint density at radius 3 is 2.56 bits per heavy atom. The first kappa shape index (κ1) is 10.8. The Kier molecular flexibility index (Phi) is 3.32. The molecule has 0 aliphatic rings. The monoisotopic (exact) mass is 215 g/mol. The van der Waals surface area contributed by atoms with Crippen LogP contribution in [0.2, 0.25) is 0 Å². The highest BCUT2D eigenvalue weighted by molar-refractivity contribution is 5.83. The molecule has 2 heteroatoms. The van der Waals surface area contributed by atoms with E-state index in [4.69, 9.17) is 5.73 Å². The van der Waals surface area contributed by atoms with E-state index in [1.54, 1.807) is 0 Å². The van der Waals surface area contributed by atoms with Crippen LogP contribution in [0.1, 0.15) is 5.56 Å². The summed E-state index contributed by atoms with van der Waals surface area (Å²) in [7, 11) is 0. The second-order valence-corrected chi connectivity index (χ2v) is 3.83. The molecule has 0 heterocycles. The van der Waals surface area contributed by atoms with E-state index in [0.29, 0.717) is 18.3 Å². The van der Waals surface area contributed by atoms with Crippen molar-refractivity contribution in [3.63, 3.8) is 0 Å². The Morgan fingerprint density at radius 1 is 1.12 bits per heavy atom. The standard InChI is InChI=1S/C14H14FN/c15-9-12(10-16)7-11-5-6-13-3-1-2-4-14(13)8-11/h1-6,8-9H,7,10,16H2/b12-9-. The molecular weight excluding hydrogens is 201 g/mol. The maximum absolute atomic E-state index is 12.4. The van der Waals surface area contributed by atoms with Gasteiger partial charge in [0, 0.05) is 6.54 Å². The molecule has 0 radical (unpaired) electrons. The maximum Gasteiger partial charge on any atom is 0.0875 e. The van der Waals surface area contributed by atoms with E-state index in [1.807, 2.05) is 18.2 Å². The Morgan fingerprint density at radius 2 is 1.88 bits per heavy atom. The first-order valence-corrected chi connectivity index (χ1v) is 5.29. The summed E-state index contributed by atoms with van der Waals surface area (Å²) >= 11 is 0. The van der Waals surface area contributed by atoms with Crippen LogP contribution in [0.25, 0.3) is 10.8 Å². The summed E-state index contributed by atoms with van der Waals surface area (Å²) in [4.78, 5) is 0. The van der Waals surface area contributed by atoms with E-state index >= 15 is 0 Å². The molecule has 0 saturated carbocycles. The van der Waals surface area contributed by atoms with Gasteiger partial charge in [-0.15, -0.1) is 0 Å². The van der Waals surface area contributed by atoms with Crippen molar-refractivity contribution >= 4 is 10.8 Å². The molecule has 0 spiro atoms. The topological polar surface area (TPSA) is 26.0 Å². The van der Waals surface area contributed by atoms with Gasteiger partial charge in [0.05, 0.1) is 6.33 Å². The summed E-state index contributed by atoms with van der Waals surface area (Å²) in [6.07, 6.45) is 1.19. The fourth-order valence-electron chi connectivity index (χ4n) is 1.77. The largest absolute Gasteiger partial charge is 0.327 e. The molecule has 2 aromatic rings. The number of nitrogens with two attached hydrogens (primary N) is 1. The lowest BCUT2D eigenvalue weighted by molar-refractivity contribution is 0.700. The van der Waals surface area contributed by atoms with Gasteiger partial charge in [0.25, 0.3) is 0 Å². The van der Waals surface area contributed by atoms with Gasteiger partial charge in [-0.05, 0) is 28.3 Å². The van der Waals surface area contributed by atoms with Gasteiger partial charge >= 0.3 is 0 Å². The van der Waals surface area contributed by atoms with E-state index in [9.17, 15) is 4.39 Å².